The van der Waals surface area contributed by atoms with Crippen molar-refractivity contribution in [3.05, 3.63) is 40.6 Å². The van der Waals surface area contributed by atoms with Crippen molar-refractivity contribution in [1.29, 1.82) is 0 Å². The predicted molar refractivity (Wildman–Crippen MR) is 134 cm³/mol. The fourth-order valence-corrected chi connectivity index (χ4v) is 5.64. The highest BCUT2D eigenvalue weighted by atomic mass is 32.1. The minimum absolute atomic E-state index is 0.0435. The number of fused-ring (bicyclic) bond motifs is 3. The largest absolute Gasteiger partial charge is 0.497 e. The lowest BCUT2D eigenvalue weighted by Gasteiger charge is -2.39. The SMILES string of the molecule is CCCN1C(=O)c2sccc2N2C(CCC(=O)N3CCN(c4cccc(OC)c4)CC3)=NNC12. The maximum atomic E-state index is 13.0. The van der Waals surface area contributed by atoms with Crippen LogP contribution in [0.5, 0.6) is 5.75 Å². The van der Waals surface area contributed by atoms with Gasteiger partial charge >= 0.3 is 0 Å². The molecule has 2 amide bonds. The lowest BCUT2D eigenvalue weighted by Crippen LogP contribution is -2.58. The van der Waals surface area contributed by atoms with Crippen molar-refractivity contribution in [2.75, 3.05) is 49.6 Å². The van der Waals surface area contributed by atoms with E-state index in [2.05, 4.69) is 33.3 Å². The molecule has 5 rings (SSSR count). The first-order chi connectivity index (χ1) is 16.6. The summed E-state index contributed by atoms with van der Waals surface area (Å²) < 4.78 is 5.33. The zero-order chi connectivity index (χ0) is 23.7. The number of benzene rings is 1. The van der Waals surface area contributed by atoms with Crippen LogP contribution in [-0.2, 0) is 4.79 Å². The van der Waals surface area contributed by atoms with Gasteiger partial charge in [-0.05, 0) is 30.0 Å². The van der Waals surface area contributed by atoms with Gasteiger partial charge in [-0.3, -0.25) is 24.8 Å². The van der Waals surface area contributed by atoms with Gasteiger partial charge in [0.1, 0.15) is 16.5 Å². The highest BCUT2D eigenvalue weighted by Crippen LogP contribution is 2.37. The highest BCUT2D eigenvalue weighted by molar-refractivity contribution is 7.12. The first-order valence-electron chi connectivity index (χ1n) is 11.8. The van der Waals surface area contributed by atoms with Gasteiger partial charge in [-0.2, -0.15) is 5.10 Å². The maximum Gasteiger partial charge on any atom is 0.269 e. The number of carbonyl (C=O) groups is 2. The molecule has 3 aliphatic heterocycles. The van der Waals surface area contributed by atoms with Gasteiger partial charge in [-0.25, -0.2) is 0 Å². The average Bonchev–Trinajstić information content (AvgIpc) is 3.52. The Morgan fingerprint density at radius 2 is 2.06 bits per heavy atom. The summed E-state index contributed by atoms with van der Waals surface area (Å²) in [6.07, 6.45) is 1.48. The quantitative estimate of drug-likeness (QED) is 0.654. The van der Waals surface area contributed by atoms with Crippen LogP contribution in [-0.4, -0.2) is 73.6 Å². The molecule has 3 aliphatic rings. The van der Waals surface area contributed by atoms with Gasteiger partial charge < -0.3 is 14.5 Å². The number of nitrogens with one attached hydrogen (secondary N) is 1. The number of hydrazone groups is 1. The summed E-state index contributed by atoms with van der Waals surface area (Å²) in [4.78, 5) is 34.8. The second-order valence-corrected chi connectivity index (χ2v) is 9.52. The molecule has 1 N–H and O–H groups in total. The highest BCUT2D eigenvalue weighted by Gasteiger charge is 2.43. The maximum absolute atomic E-state index is 13.0. The second kappa shape index (κ2) is 9.54. The Morgan fingerprint density at radius 1 is 1.24 bits per heavy atom. The molecular formula is C24H30N6O3S. The van der Waals surface area contributed by atoms with Crippen LogP contribution in [0.1, 0.15) is 35.9 Å². The third kappa shape index (κ3) is 4.06. The van der Waals surface area contributed by atoms with Gasteiger partial charge in [-0.1, -0.05) is 13.0 Å². The van der Waals surface area contributed by atoms with E-state index in [9.17, 15) is 9.59 Å². The van der Waals surface area contributed by atoms with E-state index in [0.717, 1.165) is 47.3 Å². The van der Waals surface area contributed by atoms with Crippen molar-refractivity contribution in [2.24, 2.45) is 5.10 Å². The Kier molecular flexibility index (Phi) is 6.32. The number of thiophene rings is 1. The van der Waals surface area contributed by atoms with Crippen LogP contribution >= 0.6 is 11.3 Å². The Hall–Kier alpha value is -3.27. The number of hydrogen-bond donors (Lipinski definition) is 1. The number of methoxy groups -OCH3 is 1. The Balaban J connectivity index is 1.19. The first-order valence-corrected chi connectivity index (χ1v) is 12.6. The van der Waals surface area contributed by atoms with E-state index < -0.39 is 0 Å². The van der Waals surface area contributed by atoms with E-state index in [-0.39, 0.29) is 18.1 Å². The van der Waals surface area contributed by atoms with Crippen LogP contribution in [0.15, 0.2) is 40.8 Å². The number of amidine groups is 1. The minimum Gasteiger partial charge on any atom is -0.497 e. The Labute approximate surface area is 203 Å². The van der Waals surface area contributed by atoms with Gasteiger partial charge in [0, 0.05) is 57.3 Å². The molecule has 34 heavy (non-hydrogen) atoms. The topological polar surface area (TPSA) is 80.7 Å². The number of piperazine rings is 1. The summed E-state index contributed by atoms with van der Waals surface area (Å²) in [5.41, 5.74) is 5.13. The lowest BCUT2D eigenvalue weighted by atomic mass is 10.1. The van der Waals surface area contributed by atoms with Gasteiger partial charge in [-0.15, -0.1) is 11.3 Å². The van der Waals surface area contributed by atoms with Gasteiger partial charge in [0.05, 0.1) is 12.8 Å². The van der Waals surface area contributed by atoms with Crippen molar-refractivity contribution in [1.82, 2.24) is 15.2 Å². The third-order valence-corrected chi connectivity index (χ3v) is 7.46. The van der Waals surface area contributed by atoms with Crippen molar-refractivity contribution < 1.29 is 14.3 Å². The van der Waals surface area contributed by atoms with Gasteiger partial charge in [0.2, 0.25) is 12.2 Å². The number of amides is 2. The fraction of sp³-hybridized carbons (Fsp3) is 0.458. The monoisotopic (exact) mass is 482 g/mol. The van der Waals surface area contributed by atoms with E-state index >= 15 is 0 Å². The summed E-state index contributed by atoms with van der Waals surface area (Å²) in [7, 11) is 1.67. The van der Waals surface area contributed by atoms with Gasteiger partial charge in [0.15, 0.2) is 0 Å². The van der Waals surface area contributed by atoms with Crippen molar-refractivity contribution in [3.63, 3.8) is 0 Å². The predicted octanol–water partition coefficient (Wildman–Crippen LogP) is 2.76. The van der Waals surface area contributed by atoms with Crippen molar-refractivity contribution >= 4 is 40.4 Å². The Morgan fingerprint density at radius 3 is 2.82 bits per heavy atom. The lowest BCUT2D eigenvalue weighted by molar-refractivity contribution is -0.131. The summed E-state index contributed by atoms with van der Waals surface area (Å²) in [5, 5.41) is 6.47. The molecule has 2 aromatic rings. The molecule has 4 heterocycles. The van der Waals surface area contributed by atoms with Crippen LogP contribution in [0.3, 0.4) is 0 Å². The first kappa shape index (κ1) is 22.5. The molecule has 1 fully saturated rings. The summed E-state index contributed by atoms with van der Waals surface area (Å²) in [6, 6.07) is 10.0. The van der Waals surface area contributed by atoms with Crippen LogP contribution in [0.4, 0.5) is 11.4 Å². The molecule has 180 valence electrons. The van der Waals surface area contributed by atoms with Crippen LogP contribution in [0, 0.1) is 0 Å². The summed E-state index contributed by atoms with van der Waals surface area (Å²) in [6.45, 7) is 5.69. The van der Waals surface area contributed by atoms with E-state index in [1.165, 1.54) is 11.3 Å². The average molecular weight is 483 g/mol. The molecule has 10 heteroatoms. The van der Waals surface area contributed by atoms with Crippen molar-refractivity contribution in [3.8, 4) is 5.75 Å². The van der Waals surface area contributed by atoms with E-state index in [0.29, 0.717) is 32.5 Å². The van der Waals surface area contributed by atoms with E-state index in [1.807, 2.05) is 39.4 Å². The fourth-order valence-electron chi connectivity index (χ4n) is 4.80. The van der Waals surface area contributed by atoms with Crippen LogP contribution in [0.25, 0.3) is 0 Å². The molecule has 0 aliphatic carbocycles. The minimum atomic E-state index is -0.314. The molecule has 0 saturated carbocycles. The molecule has 9 nitrogen and oxygen atoms in total. The zero-order valence-electron chi connectivity index (χ0n) is 19.6. The van der Waals surface area contributed by atoms with Crippen molar-refractivity contribution in [2.45, 2.75) is 32.5 Å². The number of rotatable bonds is 7. The van der Waals surface area contributed by atoms with Gasteiger partial charge in [0.25, 0.3) is 5.91 Å². The van der Waals surface area contributed by atoms with Crippen LogP contribution < -0.4 is 20.0 Å². The molecule has 1 unspecified atom stereocenters. The number of anilines is 2. The molecule has 1 aromatic heterocycles. The molecule has 0 bridgehead atoms. The smallest absolute Gasteiger partial charge is 0.269 e. The summed E-state index contributed by atoms with van der Waals surface area (Å²) >= 11 is 1.46. The normalized spacial score (nSPS) is 19.5. The number of hydrogen-bond acceptors (Lipinski definition) is 8. The number of carbonyl (C=O) groups excluding carboxylic acids is 2. The van der Waals surface area contributed by atoms with Crippen LogP contribution in [0.2, 0.25) is 0 Å². The molecular weight excluding hydrogens is 452 g/mol. The Bertz CT molecular complexity index is 1090. The zero-order valence-corrected chi connectivity index (χ0v) is 20.4. The molecule has 1 saturated heterocycles. The van der Waals surface area contributed by atoms with E-state index in [1.54, 1.807) is 7.11 Å². The molecule has 1 aromatic carbocycles. The molecule has 1 atom stereocenters. The number of ether oxygens (including phenoxy) is 1. The molecule has 0 radical (unpaired) electrons. The third-order valence-electron chi connectivity index (χ3n) is 6.56. The molecule has 0 spiro atoms. The number of nitrogens with zero attached hydrogens (tertiary/aromatic N) is 5. The standard InChI is InChI=1S/C24H30N6O3S/c1-3-10-29-23(32)22-19(9-15-34-22)30-20(25-26-24(29)30)7-8-21(31)28-13-11-27(12-14-28)17-5-4-6-18(16-17)33-2/h4-6,9,15-16,24,26H,3,7-8,10-14H2,1-2H3. The summed E-state index contributed by atoms with van der Waals surface area (Å²) in [5.74, 6) is 1.83. The van der Waals surface area contributed by atoms with E-state index in [4.69, 9.17) is 4.74 Å². The second-order valence-electron chi connectivity index (χ2n) is 8.60.